The highest BCUT2D eigenvalue weighted by Crippen LogP contribution is 2.34. The molecule has 3 aromatic rings. The van der Waals surface area contributed by atoms with Crippen molar-refractivity contribution in [3.05, 3.63) is 87.7 Å². The minimum atomic E-state index is -0.298. The highest BCUT2D eigenvalue weighted by molar-refractivity contribution is 5.88. The van der Waals surface area contributed by atoms with Crippen LogP contribution >= 0.6 is 0 Å². The molecule has 3 rings (SSSR count). The molecule has 0 amide bonds. The van der Waals surface area contributed by atoms with Crippen molar-refractivity contribution in [1.82, 2.24) is 4.98 Å². The number of fused-ring (bicyclic) bond motifs is 1. The van der Waals surface area contributed by atoms with Gasteiger partial charge in [0, 0.05) is 11.5 Å². The Morgan fingerprint density at radius 3 is 2.49 bits per heavy atom. The average Bonchev–Trinajstić information content (AvgIpc) is 2.84. The van der Waals surface area contributed by atoms with E-state index >= 15 is 0 Å². The maximum absolute atomic E-state index is 12.9. The Bertz CT molecular complexity index is 1200. The van der Waals surface area contributed by atoms with Gasteiger partial charge in [0.1, 0.15) is 19.0 Å². The number of aromatic amines is 1. The molecular formula is C30H37NO4. The van der Waals surface area contributed by atoms with E-state index in [0.29, 0.717) is 36.8 Å². The van der Waals surface area contributed by atoms with E-state index in [9.17, 15) is 4.79 Å². The van der Waals surface area contributed by atoms with E-state index in [1.165, 1.54) is 11.1 Å². The number of benzene rings is 2. The first kappa shape index (κ1) is 26.1. The smallest absolute Gasteiger partial charge is 0.294 e. The van der Waals surface area contributed by atoms with Crippen molar-refractivity contribution in [2.75, 3.05) is 13.2 Å². The average molecular weight is 476 g/mol. The molecule has 0 aliphatic rings. The summed E-state index contributed by atoms with van der Waals surface area (Å²) in [5.74, 6) is 1.39. The van der Waals surface area contributed by atoms with Gasteiger partial charge in [0.2, 0.25) is 5.75 Å². The van der Waals surface area contributed by atoms with Crippen LogP contribution in [0, 0.1) is 0 Å². The van der Waals surface area contributed by atoms with Crippen molar-refractivity contribution in [3.63, 3.8) is 0 Å². The zero-order valence-corrected chi connectivity index (χ0v) is 21.4. The van der Waals surface area contributed by atoms with Gasteiger partial charge in [-0.3, -0.25) is 4.79 Å². The van der Waals surface area contributed by atoms with Gasteiger partial charge < -0.3 is 19.2 Å². The lowest BCUT2D eigenvalue weighted by molar-refractivity contribution is 0.277. The number of allylic oxidation sites excluding steroid dienone is 3. The lowest BCUT2D eigenvalue weighted by Gasteiger charge is -2.15. The summed E-state index contributed by atoms with van der Waals surface area (Å²) in [5, 5.41) is 0.791. The highest BCUT2D eigenvalue weighted by atomic mass is 16.5. The van der Waals surface area contributed by atoms with Crippen molar-refractivity contribution >= 4 is 10.9 Å². The topological polar surface area (TPSA) is 60.6 Å². The van der Waals surface area contributed by atoms with Crippen LogP contribution in [0.3, 0.4) is 0 Å². The van der Waals surface area contributed by atoms with Gasteiger partial charge in [-0.15, -0.1) is 0 Å². The van der Waals surface area contributed by atoms with Crippen LogP contribution in [0.1, 0.15) is 58.9 Å². The number of pyridine rings is 1. The lowest BCUT2D eigenvalue weighted by Crippen LogP contribution is -2.14. The Morgan fingerprint density at radius 2 is 1.74 bits per heavy atom. The summed E-state index contributed by atoms with van der Waals surface area (Å²) in [6, 6.07) is 15.6. The zero-order chi connectivity index (χ0) is 25.0. The molecule has 0 unspecified atom stereocenters. The third kappa shape index (κ3) is 8.06. The normalized spacial score (nSPS) is 11.4. The third-order valence-corrected chi connectivity index (χ3v) is 5.64. The molecule has 0 radical (unpaired) electrons. The Kier molecular flexibility index (Phi) is 10.0. The molecule has 0 spiro atoms. The van der Waals surface area contributed by atoms with Gasteiger partial charge >= 0.3 is 0 Å². The van der Waals surface area contributed by atoms with E-state index in [4.69, 9.17) is 14.2 Å². The van der Waals surface area contributed by atoms with Crippen molar-refractivity contribution in [3.8, 4) is 17.2 Å². The monoisotopic (exact) mass is 475 g/mol. The number of H-pyrrole nitrogens is 1. The van der Waals surface area contributed by atoms with E-state index in [-0.39, 0.29) is 11.3 Å². The minimum absolute atomic E-state index is 0.236. The SMILES string of the molecule is CCCCOc1c(OC/C=C(\C)CCC=C(C)C)c2ccc(OCc3ccccc3)cc2[nH]c1=O. The number of rotatable bonds is 13. The molecule has 5 nitrogen and oxygen atoms in total. The van der Waals surface area contributed by atoms with Crippen LogP contribution in [0.2, 0.25) is 0 Å². The van der Waals surface area contributed by atoms with Gasteiger partial charge in [0.25, 0.3) is 5.56 Å². The number of ether oxygens (including phenoxy) is 3. The summed E-state index contributed by atoms with van der Waals surface area (Å²) in [4.78, 5) is 15.9. The van der Waals surface area contributed by atoms with E-state index in [1.54, 1.807) is 0 Å². The summed E-state index contributed by atoms with van der Waals surface area (Å²) in [6.07, 6.45) is 8.14. The second kappa shape index (κ2) is 13.4. The van der Waals surface area contributed by atoms with E-state index < -0.39 is 0 Å². The fraction of sp³-hybridized carbons (Fsp3) is 0.367. The van der Waals surface area contributed by atoms with Gasteiger partial charge in [-0.25, -0.2) is 0 Å². The van der Waals surface area contributed by atoms with Gasteiger partial charge in [0.15, 0.2) is 5.75 Å². The molecule has 5 heteroatoms. The standard InChI is InChI=1S/C30H37NO4/c1-5-6-18-33-29-28(34-19-17-23(4)12-10-11-22(2)3)26-16-15-25(20-27(26)31-30(29)32)35-21-24-13-8-7-9-14-24/h7-9,11,13-17,20H,5-6,10,12,18-19,21H2,1-4H3,(H,31,32)/b23-17+. The Balaban J connectivity index is 1.83. The van der Waals surface area contributed by atoms with Crippen molar-refractivity contribution < 1.29 is 14.2 Å². The number of nitrogens with one attached hydrogen (secondary N) is 1. The third-order valence-electron chi connectivity index (χ3n) is 5.64. The molecule has 186 valence electrons. The predicted octanol–water partition coefficient (Wildman–Crippen LogP) is 7.36. The number of unbranched alkanes of at least 4 members (excludes halogenated alkanes) is 1. The molecule has 0 aliphatic carbocycles. The Labute approximate surface area is 208 Å². The fourth-order valence-electron chi connectivity index (χ4n) is 3.61. The van der Waals surface area contributed by atoms with Gasteiger partial charge in [0.05, 0.1) is 12.1 Å². The molecule has 1 N–H and O–H groups in total. The maximum atomic E-state index is 12.9. The second-order valence-corrected chi connectivity index (χ2v) is 8.98. The summed E-state index contributed by atoms with van der Waals surface area (Å²) >= 11 is 0. The van der Waals surface area contributed by atoms with Crippen molar-refractivity contribution in [2.45, 2.75) is 60.0 Å². The van der Waals surface area contributed by atoms with E-state index in [0.717, 1.165) is 36.6 Å². The first-order chi connectivity index (χ1) is 17.0. The van der Waals surface area contributed by atoms with Crippen LogP contribution < -0.4 is 19.8 Å². The van der Waals surface area contributed by atoms with Crippen LogP contribution in [0.25, 0.3) is 10.9 Å². The number of hydrogen-bond acceptors (Lipinski definition) is 4. The molecule has 0 aliphatic heterocycles. The molecule has 1 aromatic heterocycles. The van der Waals surface area contributed by atoms with Crippen molar-refractivity contribution in [1.29, 1.82) is 0 Å². The summed E-state index contributed by atoms with van der Waals surface area (Å²) in [5.41, 5.74) is 4.01. The number of hydrogen-bond donors (Lipinski definition) is 1. The predicted molar refractivity (Wildman–Crippen MR) is 144 cm³/mol. The second-order valence-electron chi connectivity index (χ2n) is 8.98. The van der Waals surface area contributed by atoms with Gasteiger partial charge in [-0.2, -0.15) is 0 Å². The quantitative estimate of drug-likeness (QED) is 0.207. The zero-order valence-electron chi connectivity index (χ0n) is 21.4. The molecule has 0 fully saturated rings. The molecule has 1 heterocycles. The molecule has 2 aromatic carbocycles. The summed E-state index contributed by atoms with van der Waals surface area (Å²) in [7, 11) is 0. The fourth-order valence-corrected chi connectivity index (χ4v) is 3.61. The van der Waals surface area contributed by atoms with Crippen LogP contribution in [0.15, 0.2) is 76.6 Å². The first-order valence-corrected chi connectivity index (χ1v) is 12.4. The van der Waals surface area contributed by atoms with E-state index in [1.807, 2.05) is 48.5 Å². The van der Waals surface area contributed by atoms with Crippen molar-refractivity contribution in [2.24, 2.45) is 0 Å². The maximum Gasteiger partial charge on any atom is 0.294 e. The molecule has 0 saturated heterocycles. The largest absolute Gasteiger partial charge is 0.489 e. The van der Waals surface area contributed by atoms with Gasteiger partial charge in [-0.05, 0) is 63.8 Å². The first-order valence-electron chi connectivity index (χ1n) is 12.4. The van der Waals surface area contributed by atoms with Crippen LogP contribution in [-0.4, -0.2) is 18.2 Å². The Morgan fingerprint density at radius 1 is 0.943 bits per heavy atom. The molecule has 0 atom stereocenters. The lowest BCUT2D eigenvalue weighted by atomic mass is 10.1. The molecular weight excluding hydrogens is 438 g/mol. The molecule has 35 heavy (non-hydrogen) atoms. The summed E-state index contributed by atoms with van der Waals surface area (Å²) < 4.78 is 18.0. The van der Waals surface area contributed by atoms with Gasteiger partial charge in [-0.1, -0.05) is 60.9 Å². The van der Waals surface area contributed by atoms with E-state index in [2.05, 4.69) is 44.8 Å². The molecule has 0 bridgehead atoms. The van der Waals surface area contributed by atoms with Crippen LogP contribution in [0.4, 0.5) is 0 Å². The Hall–Kier alpha value is -3.47. The minimum Gasteiger partial charge on any atom is -0.489 e. The highest BCUT2D eigenvalue weighted by Gasteiger charge is 2.16. The van der Waals surface area contributed by atoms with Crippen LogP contribution in [-0.2, 0) is 6.61 Å². The van der Waals surface area contributed by atoms with Crippen LogP contribution in [0.5, 0.6) is 17.2 Å². The molecule has 0 saturated carbocycles. The summed E-state index contributed by atoms with van der Waals surface area (Å²) in [6.45, 7) is 9.71. The number of aromatic nitrogens is 1.